The van der Waals surface area contributed by atoms with E-state index in [1.165, 1.54) is 24.3 Å². The Morgan fingerprint density at radius 2 is 0.737 bits per heavy atom. The molecule has 198 valence electrons. The first-order valence-corrected chi connectivity index (χ1v) is 13.1. The number of unbranched alkanes of at least 4 members (excludes halogenated alkanes) is 2. The Balaban J connectivity index is 1.52. The molecule has 0 saturated heterocycles. The predicted molar refractivity (Wildman–Crippen MR) is 147 cm³/mol. The van der Waals surface area contributed by atoms with E-state index < -0.39 is 0 Å². The Labute approximate surface area is 224 Å². The molecule has 3 rings (SSSR count). The molecule has 0 bridgehead atoms. The lowest BCUT2D eigenvalue weighted by molar-refractivity contribution is 0.0876. The van der Waals surface area contributed by atoms with Crippen molar-refractivity contribution in [2.75, 3.05) is 13.2 Å². The fourth-order valence-electron chi connectivity index (χ4n) is 3.68. The molecule has 3 aromatic carbocycles. The summed E-state index contributed by atoms with van der Waals surface area (Å²) in [6.45, 7) is 5.41. The smallest absolute Gasteiger partial charge is 0.170 e. The first-order chi connectivity index (χ1) is 18.4. The van der Waals surface area contributed by atoms with Gasteiger partial charge in [0.2, 0.25) is 0 Å². The van der Waals surface area contributed by atoms with E-state index in [0.717, 1.165) is 25.7 Å². The highest BCUT2D eigenvalue weighted by molar-refractivity contribution is 6.15. The summed E-state index contributed by atoms with van der Waals surface area (Å²) in [6.07, 6.45) is 3.43. The average molecular weight is 515 g/mol. The molecule has 0 saturated carbocycles. The number of hydrogen-bond donors (Lipinski definition) is 0. The van der Waals surface area contributed by atoms with Gasteiger partial charge in [-0.25, -0.2) is 0 Å². The molecule has 0 spiro atoms. The van der Waals surface area contributed by atoms with Gasteiger partial charge in [0, 0.05) is 22.3 Å². The number of benzene rings is 3. The van der Waals surface area contributed by atoms with Crippen LogP contribution in [0.5, 0.6) is 11.5 Å². The largest absolute Gasteiger partial charge is 0.494 e. The highest BCUT2D eigenvalue weighted by atomic mass is 16.5. The molecule has 0 radical (unpaired) electrons. The summed E-state index contributed by atoms with van der Waals surface area (Å²) in [7, 11) is 0. The standard InChI is InChI=1S/C32H34O6/c1-3-5-19-37-27-15-11-25(12-16-27)31(35)21-29(33)23-7-9-24(10-8-23)30(34)22-32(36)26-13-17-28(18-14-26)38-20-6-4-2/h7-18H,3-6,19-22H2,1-2H3. The van der Waals surface area contributed by atoms with Crippen LogP contribution < -0.4 is 9.47 Å². The summed E-state index contributed by atoms with van der Waals surface area (Å²) < 4.78 is 11.2. The number of hydrogen-bond acceptors (Lipinski definition) is 6. The Morgan fingerprint density at radius 1 is 0.474 bits per heavy atom. The summed E-state index contributed by atoms with van der Waals surface area (Å²) in [6, 6.07) is 19.6. The van der Waals surface area contributed by atoms with Crippen molar-refractivity contribution >= 4 is 23.1 Å². The van der Waals surface area contributed by atoms with E-state index in [1.807, 2.05) is 0 Å². The van der Waals surface area contributed by atoms with Crippen LogP contribution in [0.4, 0.5) is 0 Å². The van der Waals surface area contributed by atoms with E-state index in [-0.39, 0.29) is 36.0 Å². The number of carbonyl (C=O) groups excluding carboxylic acids is 4. The molecule has 0 aliphatic carbocycles. The fraction of sp³-hybridized carbons (Fsp3) is 0.312. The zero-order valence-corrected chi connectivity index (χ0v) is 22.0. The molecular formula is C32H34O6. The van der Waals surface area contributed by atoms with Crippen LogP contribution in [-0.4, -0.2) is 36.3 Å². The topological polar surface area (TPSA) is 86.7 Å². The highest BCUT2D eigenvalue weighted by Crippen LogP contribution is 2.18. The number of carbonyl (C=O) groups is 4. The quantitative estimate of drug-likeness (QED) is 0.117. The molecule has 3 aromatic rings. The molecule has 6 nitrogen and oxygen atoms in total. The van der Waals surface area contributed by atoms with Crippen LogP contribution in [0.2, 0.25) is 0 Å². The van der Waals surface area contributed by atoms with E-state index >= 15 is 0 Å². The van der Waals surface area contributed by atoms with Gasteiger partial charge in [-0.1, -0.05) is 51.0 Å². The molecule has 0 unspecified atom stereocenters. The third-order valence-corrected chi connectivity index (χ3v) is 6.06. The van der Waals surface area contributed by atoms with Crippen molar-refractivity contribution in [1.82, 2.24) is 0 Å². The molecule has 0 atom stereocenters. The van der Waals surface area contributed by atoms with Crippen molar-refractivity contribution in [1.29, 1.82) is 0 Å². The summed E-state index contributed by atoms with van der Waals surface area (Å²) >= 11 is 0. The van der Waals surface area contributed by atoms with Gasteiger partial charge < -0.3 is 9.47 Å². The predicted octanol–water partition coefficient (Wildman–Crippen LogP) is 6.96. The van der Waals surface area contributed by atoms with Crippen LogP contribution >= 0.6 is 0 Å². The summed E-state index contributed by atoms with van der Waals surface area (Å²) in [5.41, 5.74) is 1.54. The van der Waals surface area contributed by atoms with Crippen molar-refractivity contribution in [3.8, 4) is 11.5 Å². The maximum absolute atomic E-state index is 12.6. The van der Waals surface area contributed by atoms with E-state index in [0.29, 0.717) is 47.0 Å². The van der Waals surface area contributed by atoms with Crippen LogP contribution in [0, 0.1) is 0 Å². The van der Waals surface area contributed by atoms with Gasteiger partial charge in [0.15, 0.2) is 23.1 Å². The van der Waals surface area contributed by atoms with Crippen LogP contribution in [0.3, 0.4) is 0 Å². The average Bonchev–Trinajstić information content (AvgIpc) is 2.94. The van der Waals surface area contributed by atoms with Crippen LogP contribution in [0.15, 0.2) is 72.8 Å². The molecular weight excluding hydrogens is 480 g/mol. The van der Waals surface area contributed by atoms with Crippen molar-refractivity contribution in [2.45, 2.75) is 52.4 Å². The first kappa shape index (κ1) is 28.5. The summed E-state index contributed by atoms with van der Waals surface area (Å²) in [4.78, 5) is 50.4. The third-order valence-electron chi connectivity index (χ3n) is 6.06. The van der Waals surface area contributed by atoms with Crippen molar-refractivity contribution in [3.05, 3.63) is 95.1 Å². The molecule has 0 fully saturated rings. The second-order valence-corrected chi connectivity index (χ2v) is 9.08. The van der Waals surface area contributed by atoms with Crippen molar-refractivity contribution in [2.24, 2.45) is 0 Å². The Bertz CT molecular complexity index is 1130. The molecule has 6 heteroatoms. The van der Waals surface area contributed by atoms with Crippen LogP contribution in [0.25, 0.3) is 0 Å². The van der Waals surface area contributed by atoms with E-state index in [9.17, 15) is 19.2 Å². The minimum atomic E-state index is -0.338. The SMILES string of the molecule is CCCCOc1ccc(C(=O)CC(=O)c2ccc(C(=O)CC(=O)c3ccc(OCCCC)cc3)cc2)cc1. The normalized spacial score (nSPS) is 10.6. The lowest BCUT2D eigenvalue weighted by atomic mass is 9.98. The minimum Gasteiger partial charge on any atom is -0.494 e. The van der Waals surface area contributed by atoms with Gasteiger partial charge in [0.1, 0.15) is 11.5 Å². The van der Waals surface area contributed by atoms with Crippen LogP contribution in [-0.2, 0) is 0 Å². The maximum Gasteiger partial charge on any atom is 0.170 e. The second-order valence-electron chi connectivity index (χ2n) is 9.08. The molecule has 0 aromatic heterocycles. The third kappa shape index (κ3) is 8.51. The van der Waals surface area contributed by atoms with Gasteiger partial charge >= 0.3 is 0 Å². The second kappa shape index (κ2) is 14.6. The highest BCUT2D eigenvalue weighted by Gasteiger charge is 2.17. The van der Waals surface area contributed by atoms with E-state index in [4.69, 9.17) is 9.47 Å². The number of Topliss-reactive ketones (excluding diaryl/α,β-unsaturated/α-hetero) is 4. The zero-order chi connectivity index (χ0) is 27.3. The van der Waals surface area contributed by atoms with E-state index in [1.54, 1.807) is 48.5 Å². The first-order valence-electron chi connectivity index (χ1n) is 13.1. The van der Waals surface area contributed by atoms with Crippen molar-refractivity contribution in [3.63, 3.8) is 0 Å². The molecule has 0 N–H and O–H groups in total. The maximum atomic E-state index is 12.6. The van der Waals surface area contributed by atoms with Gasteiger partial charge in [0.25, 0.3) is 0 Å². The molecule has 38 heavy (non-hydrogen) atoms. The Hall–Kier alpha value is -4.06. The molecule has 0 amide bonds. The van der Waals surface area contributed by atoms with Gasteiger partial charge in [-0.15, -0.1) is 0 Å². The zero-order valence-electron chi connectivity index (χ0n) is 22.0. The molecule has 0 aliphatic rings. The van der Waals surface area contributed by atoms with Gasteiger partial charge in [0.05, 0.1) is 26.1 Å². The minimum absolute atomic E-state index is 0.278. The lowest BCUT2D eigenvalue weighted by Crippen LogP contribution is -2.11. The Kier molecular flexibility index (Phi) is 11.0. The fourth-order valence-corrected chi connectivity index (χ4v) is 3.68. The number of ketones is 4. The summed E-state index contributed by atoms with van der Waals surface area (Å²) in [5, 5.41) is 0. The molecule has 0 heterocycles. The monoisotopic (exact) mass is 514 g/mol. The van der Waals surface area contributed by atoms with Gasteiger partial charge in [-0.3, -0.25) is 19.2 Å². The van der Waals surface area contributed by atoms with Gasteiger partial charge in [-0.2, -0.15) is 0 Å². The number of rotatable bonds is 16. The lowest BCUT2D eigenvalue weighted by Gasteiger charge is -2.07. The summed E-state index contributed by atoms with van der Waals surface area (Å²) in [5.74, 6) is 0.122. The number of ether oxygens (including phenoxy) is 2. The molecule has 0 aliphatic heterocycles. The van der Waals surface area contributed by atoms with Gasteiger partial charge in [-0.05, 0) is 61.4 Å². The van der Waals surface area contributed by atoms with E-state index in [2.05, 4.69) is 13.8 Å². The van der Waals surface area contributed by atoms with Crippen molar-refractivity contribution < 1.29 is 28.7 Å². The Morgan fingerprint density at radius 3 is 1.00 bits per heavy atom. The van der Waals surface area contributed by atoms with Crippen LogP contribution in [0.1, 0.15) is 93.8 Å².